The van der Waals surface area contributed by atoms with Gasteiger partial charge in [-0.2, -0.15) is 0 Å². The summed E-state index contributed by atoms with van der Waals surface area (Å²) in [5.41, 5.74) is 1.50. The van der Waals surface area contributed by atoms with Gasteiger partial charge in [-0.1, -0.05) is 0 Å². The maximum atomic E-state index is 12.9. The standard InChI is InChI=1S/C18H22FN3O2.ClH/c1-12-10-14(6-8-20-12)17(23)21-9-7-16-11-24-18(22-16)13-2-4-15(19)5-3-13;/h2-5,11-12,14,20H,6-10H2,1H3,(H,21,23);1H/t12-,14-;/m0./s1. The van der Waals surface area contributed by atoms with E-state index in [0.29, 0.717) is 24.9 Å². The molecule has 1 amide bonds. The molecule has 1 aliphatic heterocycles. The number of nitrogens with zero attached hydrogens (tertiary/aromatic N) is 1. The van der Waals surface area contributed by atoms with Crippen molar-refractivity contribution in [3.63, 3.8) is 0 Å². The molecule has 2 atom stereocenters. The van der Waals surface area contributed by atoms with E-state index in [1.807, 2.05) is 0 Å². The third kappa shape index (κ3) is 5.28. The first kappa shape index (κ1) is 19.4. The second-order valence-corrected chi connectivity index (χ2v) is 6.27. The van der Waals surface area contributed by atoms with E-state index < -0.39 is 0 Å². The summed E-state index contributed by atoms with van der Waals surface area (Å²) >= 11 is 0. The minimum Gasteiger partial charge on any atom is -0.444 e. The Morgan fingerprint density at radius 1 is 1.40 bits per heavy atom. The second-order valence-electron chi connectivity index (χ2n) is 6.27. The Labute approximate surface area is 152 Å². The minimum absolute atomic E-state index is 0. The molecule has 0 bridgehead atoms. The van der Waals surface area contributed by atoms with Crippen LogP contribution in [-0.2, 0) is 11.2 Å². The SMILES string of the molecule is C[C@H]1C[C@@H](C(=O)NCCc2coc(-c3ccc(F)cc3)n2)CCN1.Cl. The molecule has 1 saturated heterocycles. The van der Waals surface area contributed by atoms with Gasteiger partial charge in [0.25, 0.3) is 0 Å². The van der Waals surface area contributed by atoms with Crippen molar-refractivity contribution in [3.05, 3.63) is 42.0 Å². The Morgan fingerprint density at radius 3 is 2.88 bits per heavy atom. The van der Waals surface area contributed by atoms with Crippen LogP contribution in [0, 0.1) is 11.7 Å². The van der Waals surface area contributed by atoms with Crippen LogP contribution < -0.4 is 10.6 Å². The van der Waals surface area contributed by atoms with Crippen molar-refractivity contribution in [2.24, 2.45) is 5.92 Å². The van der Waals surface area contributed by atoms with Gasteiger partial charge in [0, 0.05) is 30.5 Å². The predicted molar refractivity (Wildman–Crippen MR) is 96.0 cm³/mol. The summed E-state index contributed by atoms with van der Waals surface area (Å²) in [7, 11) is 0. The summed E-state index contributed by atoms with van der Waals surface area (Å²) < 4.78 is 18.4. The summed E-state index contributed by atoms with van der Waals surface area (Å²) in [6, 6.07) is 6.40. The number of rotatable bonds is 5. The fourth-order valence-corrected chi connectivity index (χ4v) is 2.98. The molecule has 5 nitrogen and oxygen atoms in total. The van der Waals surface area contributed by atoms with Crippen LogP contribution in [0.25, 0.3) is 11.5 Å². The molecule has 25 heavy (non-hydrogen) atoms. The van der Waals surface area contributed by atoms with Crippen LogP contribution >= 0.6 is 12.4 Å². The Morgan fingerprint density at radius 2 is 2.16 bits per heavy atom. The van der Waals surface area contributed by atoms with Crippen LogP contribution in [0.5, 0.6) is 0 Å². The van der Waals surface area contributed by atoms with Crippen molar-refractivity contribution in [1.82, 2.24) is 15.6 Å². The molecular formula is C18H23ClFN3O2. The van der Waals surface area contributed by atoms with E-state index in [1.54, 1.807) is 18.4 Å². The van der Waals surface area contributed by atoms with Gasteiger partial charge in [-0.15, -0.1) is 12.4 Å². The fraction of sp³-hybridized carbons (Fsp3) is 0.444. The topological polar surface area (TPSA) is 67.2 Å². The van der Waals surface area contributed by atoms with Gasteiger partial charge in [-0.05, 0) is 50.6 Å². The first-order valence-corrected chi connectivity index (χ1v) is 8.33. The summed E-state index contributed by atoms with van der Waals surface area (Å²) in [5.74, 6) is 0.378. The van der Waals surface area contributed by atoms with Gasteiger partial charge in [-0.3, -0.25) is 4.79 Å². The van der Waals surface area contributed by atoms with Gasteiger partial charge in [0.1, 0.15) is 12.1 Å². The van der Waals surface area contributed by atoms with Crippen LogP contribution in [0.4, 0.5) is 4.39 Å². The molecule has 2 heterocycles. The largest absolute Gasteiger partial charge is 0.444 e. The van der Waals surface area contributed by atoms with Crippen LogP contribution in [0.15, 0.2) is 34.9 Å². The molecule has 0 aliphatic carbocycles. The van der Waals surface area contributed by atoms with Gasteiger partial charge in [0.15, 0.2) is 0 Å². The lowest BCUT2D eigenvalue weighted by atomic mass is 9.92. The van der Waals surface area contributed by atoms with Gasteiger partial charge < -0.3 is 15.1 Å². The molecule has 2 N–H and O–H groups in total. The molecule has 0 spiro atoms. The molecule has 0 unspecified atom stereocenters. The zero-order valence-electron chi connectivity index (χ0n) is 14.1. The van der Waals surface area contributed by atoms with Crippen molar-refractivity contribution < 1.29 is 13.6 Å². The number of hydrogen-bond donors (Lipinski definition) is 2. The number of piperidine rings is 1. The average molecular weight is 368 g/mol. The molecular weight excluding hydrogens is 345 g/mol. The zero-order chi connectivity index (χ0) is 16.9. The number of nitrogens with one attached hydrogen (secondary N) is 2. The molecule has 1 aromatic carbocycles. The maximum absolute atomic E-state index is 12.9. The van der Waals surface area contributed by atoms with Crippen LogP contribution in [0.2, 0.25) is 0 Å². The van der Waals surface area contributed by atoms with Gasteiger partial charge >= 0.3 is 0 Å². The van der Waals surface area contributed by atoms with E-state index in [-0.39, 0.29) is 30.0 Å². The fourth-order valence-electron chi connectivity index (χ4n) is 2.98. The Balaban J connectivity index is 0.00000225. The number of halogens is 2. The molecule has 1 aromatic heterocycles. The van der Waals surface area contributed by atoms with E-state index in [0.717, 1.165) is 30.6 Å². The molecule has 2 aromatic rings. The third-order valence-corrected chi connectivity index (χ3v) is 4.32. The summed E-state index contributed by atoms with van der Waals surface area (Å²) in [5, 5.41) is 6.32. The molecule has 1 fully saturated rings. The smallest absolute Gasteiger partial charge is 0.226 e. The van der Waals surface area contributed by atoms with Crippen LogP contribution in [0.3, 0.4) is 0 Å². The third-order valence-electron chi connectivity index (χ3n) is 4.32. The quantitative estimate of drug-likeness (QED) is 0.852. The lowest BCUT2D eigenvalue weighted by molar-refractivity contribution is -0.126. The maximum Gasteiger partial charge on any atom is 0.226 e. The molecule has 136 valence electrons. The summed E-state index contributed by atoms with van der Waals surface area (Å²) in [6.07, 6.45) is 3.95. The Hall–Kier alpha value is -1.92. The van der Waals surface area contributed by atoms with Gasteiger partial charge in [-0.25, -0.2) is 9.37 Å². The van der Waals surface area contributed by atoms with E-state index in [9.17, 15) is 9.18 Å². The molecule has 7 heteroatoms. The number of amides is 1. The summed E-state index contributed by atoms with van der Waals surface area (Å²) in [4.78, 5) is 16.6. The molecule has 0 saturated carbocycles. The number of carbonyl (C=O) groups excluding carboxylic acids is 1. The van der Waals surface area contributed by atoms with Crippen molar-refractivity contribution in [3.8, 4) is 11.5 Å². The molecule has 1 aliphatic rings. The highest BCUT2D eigenvalue weighted by molar-refractivity contribution is 5.85. The zero-order valence-corrected chi connectivity index (χ0v) is 14.9. The Bertz CT molecular complexity index is 690. The Kier molecular flexibility index (Phi) is 6.96. The van der Waals surface area contributed by atoms with E-state index >= 15 is 0 Å². The summed E-state index contributed by atoms with van der Waals surface area (Å²) in [6.45, 7) is 3.53. The number of carbonyl (C=O) groups is 1. The van der Waals surface area contributed by atoms with Gasteiger partial charge in [0.05, 0.1) is 5.69 Å². The monoisotopic (exact) mass is 367 g/mol. The lowest BCUT2D eigenvalue weighted by Crippen LogP contribution is -2.42. The minimum atomic E-state index is -0.291. The van der Waals surface area contributed by atoms with Crippen molar-refractivity contribution in [2.45, 2.75) is 32.2 Å². The highest BCUT2D eigenvalue weighted by atomic mass is 35.5. The van der Waals surface area contributed by atoms with Crippen LogP contribution in [-0.4, -0.2) is 30.0 Å². The number of oxazole rings is 1. The number of hydrogen-bond acceptors (Lipinski definition) is 4. The van der Waals surface area contributed by atoms with Crippen LogP contribution in [0.1, 0.15) is 25.5 Å². The lowest BCUT2D eigenvalue weighted by Gasteiger charge is -2.27. The number of aromatic nitrogens is 1. The van der Waals surface area contributed by atoms with E-state index in [1.165, 1.54) is 12.1 Å². The average Bonchev–Trinajstić information content (AvgIpc) is 3.04. The first-order valence-electron chi connectivity index (χ1n) is 8.33. The predicted octanol–water partition coefficient (Wildman–Crippen LogP) is 2.95. The highest BCUT2D eigenvalue weighted by Gasteiger charge is 2.24. The van der Waals surface area contributed by atoms with Gasteiger partial charge in [0.2, 0.25) is 11.8 Å². The highest BCUT2D eigenvalue weighted by Crippen LogP contribution is 2.19. The van der Waals surface area contributed by atoms with Crippen molar-refractivity contribution in [1.29, 1.82) is 0 Å². The first-order chi connectivity index (χ1) is 11.6. The second kappa shape index (κ2) is 8.97. The normalized spacial score (nSPS) is 19.9. The molecule has 3 rings (SSSR count). The van der Waals surface area contributed by atoms with E-state index in [4.69, 9.17) is 4.42 Å². The van der Waals surface area contributed by atoms with Crippen molar-refractivity contribution in [2.75, 3.05) is 13.1 Å². The van der Waals surface area contributed by atoms with Crippen molar-refractivity contribution >= 4 is 18.3 Å². The number of benzene rings is 1. The van der Waals surface area contributed by atoms with E-state index in [2.05, 4.69) is 22.5 Å². The molecule has 0 radical (unpaired) electrons.